The fraction of sp³-hybridized carbons (Fsp3) is 0.600. The van der Waals surface area contributed by atoms with Crippen molar-refractivity contribution in [2.75, 3.05) is 0 Å². The Morgan fingerprint density at radius 1 is 1.35 bits per heavy atom. The molecule has 5 heteroatoms. The van der Waals surface area contributed by atoms with Gasteiger partial charge in [-0.15, -0.1) is 0 Å². The van der Waals surface area contributed by atoms with Crippen molar-refractivity contribution in [3.8, 4) is 0 Å². The lowest BCUT2D eigenvalue weighted by Gasteiger charge is -2.30. The van der Waals surface area contributed by atoms with Crippen LogP contribution in [0.2, 0.25) is 0 Å². The van der Waals surface area contributed by atoms with Crippen molar-refractivity contribution in [3.05, 3.63) is 24.2 Å². The quantitative estimate of drug-likeness (QED) is 0.912. The second-order valence-electron chi connectivity index (χ2n) is 5.64. The maximum absolute atomic E-state index is 12.7. The maximum atomic E-state index is 12.7. The molecule has 1 saturated carbocycles. The molecule has 1 aromatic heterocycles. The van der Waals surface area contributed by atoms with E-state index in [-0.39, 0.29) is 23.9 Å². The summed E-state index contributed by atoms with van der Waals surface area (Å²) in [6.45, 7) is 0.503. The molecule has 1 aliphatic heterocycles. The molecule has 20 heavy (non-hydrogen) atoms. The van der Waals surface area contributed by atoms with Gasteiger partial charge < -0.3 is 14.6 Å². The molecule has 1 unspecified atom stereocenters. The van der Waals surface area contributed by atoms with E-state index in [0.29, 0.717) is 19.4 Å². The van der Waals surface area contributed by atoms with Crippen molar-refractivity contribution in [2.45, 2.75) is 57.2 Å². The zero-order valence-corrected chi connectivity index (χ0v) is 11.5. The lowest BCUT2D eigenvalue weighted by atomic mass is 10.1. The lowest BCUT2D eigenvalue weighted by Crippen LogP contribution is -2.47. The maximum Gasteiger partial charge on any atom is 0.245 e. The summed E-state index contributed by atoms with van der Waals surface area (Å²) in [5, 5.41) is 2.78. The van der Waals surface area contributed by atoms with Gasteiger partial charge in [0, 0.05) is 12.5 Å². The normalized spacial score (nSPS) is 23.0. The van der Waals surface area contributed by atoms with Crippen LogP contribution in [0.15, 0.2) is 22.8 Å². The summed E-state index contributed by atoms with van der Waals surface area (Å²) in [7, 11) is 0. The monoisotopic (exact) mass is 276 g/mol. The fourth-order valence-electron chi connectivity index (χ4n) is 3.17. The second-order valence-corrected chi connectivity index (χ2v) is 5.64. The van der Waals surface area contributed by atoms with Crippen molar-refractivity contribution in [3.63, 3.8) is 0 Å². The molecule has 1 aliphatic carbocycles. The summed E-state index contributed by atoms with van der Waals surface area (Å²) in [4.78, 5) is 25.9. The molecule has 5 nitrogen and oxygen atoms in total. The first kappa shape index (κ1) is 13.2. The van der Waals surface area contributed by atoms with Gasteiger partial charge in [-0.25, -0.2) is 0 Å². The van der Waals surface area contributed by atoms with Crippen molar-refractivity contribution >= 4 is 11.8 Å². The molecule has 2 aliphatic rings. The average Bonchev–Trinajstić information content (AvgIpc) is 3.17. The summed E-state index contributed by atoms with van der Waals surface area (Å²) in [5.41, 5.74) is 0. The van der Waals surface area contributed by atoms with Crippen LogP contribution in [0.25, 0.3) is 0 Å². The molecule has 0 spiro atoms. The van der Waals surface area contributed by atoms with Crippen molar-refractivity contribution in [1.29, 1.82) is 0 Å². The van der Waals surface area contributed by atoms with Gasteiger partial charge in [0.1, 0.15) is 11.8 Å². The molecular formula is C15H20N2O3. The number of nitrogens with one attached hydrogen (secondary N) is 1. The smallest absolute Gasteiger partial charge is 0.245 e. The van der Waals surface area contributed by atoms with Gasteiger partial charge in [0.15, 0.2) is 0 Å². The van der Waals surface area contributed by atoms with Crippen LogP contribution in [-0.2, 0) is 16.1 Å². The molecule has 0 bridgehead atoms. The molecule has 0 radical (unpaired) electrons. The Labute approximate surface area is 118 Å². The topological polar surface area (TPSA) is 62.6 Å². The third kappa shape index (κ3) is 2.71. The van der Waals surface area contributed by atoms with E-state index in [0.717, 1.165) is 18.6 Å². The molecule has 3 rings (SSSR count). The minimum atomic E-state index is -0.349. The molecule has 1 saturated heterocycles. The minimum absolute atomic E-state index is 0.0206. The Bertz CT molecular complexity index is 477. The molecule has 1 N–H and O–H groups in total. The van der Waals surface area contributed by atoms with Gasteiger partial charge in [-0.3, -0.25) is 9.59 Å². The van der Waals surface area contributed by atoms with E-state index in [1.165, 1.54) is 12.8 Å². The Hall–Kier alpha value is -1.78. The molecule has 2 fully saturated rings. The van der Waals surface area contributed by atoms with Crippen molar-refractivity contribution in [1.82, 2.24) is 10.2 Å². The summed E-state index contributed by atoms with van der Waals surface area (Å²) >= 11 is 0. The molecule has 1 atom stereocenters. The van der Waals surface area contributed by atoms with Gasteiger partial charge in [-0.2, -0.15) is 0 Å². The van der Waals surface area contributed by atoms with Gasteiger partial charge in [-0.05, 0) is 31.4 Å². The van der Waals surface area contributed by atoms with Gasteiger partial charge in [0.25, 0.3) is 0 Å². The van der Waals surface area contributed by atoms with Crippen LogP contribution in [0.5, 0.6) is 0 Å². The Kier molecular flexibility index (Phi) is 3.76. The number of furan rings is 1. The van der Waals surface area contributed by atoms with E-state index in [9.17, 15) is 9.59 Å². The molecule has 1 aromatic rings. The summed E-state index contributed by atoms with van der Waals surface area (Å²) in [5.74, 6) is 0.821. The number of nitrogens with zero attached hydrogens (tertiary/aromatic N) is 1. The zero-order chi connectivity index (χ0) is 13.9. The van der Waals surface area contributed by atoms with Crippen LogP contribution in [0.4, 0.5) is 0 Å². The van der Waals surface area contributed by atoms with Crippen LogP contribution in [-0.4, -0.2) is 28.8 Å². The molecule has 0 aromatic carbocycles. The predicted octanol–water partition coefficient (Wildman–Crippen LogP) is 1.83. The fourth-order valence-corrected chi connectivity index (χ4v) is 3.17. The van der Waals surface area contributed by atoms with Crippen LogP contribution < -0.4 is 5.32 Å². The van der Waals surface area contributed by atoms with Crippen LogP contribution >= 0.6 is 0 Å². The summed E-state index contributed by atoms with van der Waals surface area (Å²) < 4.78 is 5.38. The van der Waals surface area contributed by atoms with Gasteiger partial charge >= 0.3 is 0 Å². The first-order valence-corrected chi connectivity index (χ1v) is 7.36. The molecule has 2 amide bonds. The Morgan fingerprint density at radius 3 is 2.75 bits per heavy atom. The average molecular weight is 276 g/mol. The van der Waals surface area contributed by atoms with E-state index in [1.54, 1.807) is 6.26 Å². The van der Waals surface area contributed by atoms with Crippen LogP contribution in [0, 0.1) is 0 Å². The molecule has 108 valence electrons. The largest absolute Gasteiger partial charge is 0.467 e. The highest BCUT2D eigenvalue weighted by Crippen LogP contribution is 2.26. The van der Waals surface area contributed by atoms with E-state index in [2.05, 4.69) is 5.32 Å². The number of hydrogen-bond acceptors (Lipinski definition) is 3. The number of carbonyl (C=O) groups is 2. The minimum Gasteiger partial charge on any atom is -0.467 e. The second kappa shape index (κ2) is 5.69. The van der Waals surface area contributed by atoms with Crippen LogP contribution in [0.3, 0.4) is 0 Å². The number of amides is 2. The van der Waals surface area contributed by atoms with Gasteiger partial charge in [0.2, 0.25) is 11.8 Å². The molecular weight excluding hydrogens is 256 g/mol. The Balaban J connectivity index is 1.73. The third-order valence-corrected chi connectivity index (χ3v) is 4.25. The zero-order valence-electron chi connectivity index (χ0n) is 11.5. The van der Waals surface area contributed by atoms with E-state index < -0.39 is 0 Å². The van der Waals surface area contributed by atoms with Crippen molar-refractivity contribution < 1.29 is 14.0 Å². The van der Waals surface area contributed by atoms with Crippen molar-refractivity contribution in [2.24, 2.45) is 0 Å². The standard InChI is InChI=1S/C15H20N2O3/c18-14-8-7-13(16-14)15(19)17(11-4-1-2-5-11)10-12-6-3-9-20-12/h3,6,9,11,13H,1-2,4-5,7-8,10H2,(H,16,18). The SMILES string of the molecule is O=C1CCC(C(=O)N(Cc2ccco2)C2CCCC2)N1. The van der Waals surface area contributed by atoms with E-state index >= 15 is 0 Å². The van der Waals surface area contributed by atoms with Gasteiger partial charge in [-0.1, -0.05) is 12.8 Å². The summed E-state index contributed by atoms with van der Waals surface area (Å²) in [6, 6.07) is 3.66. The van der Waals surface area contributed by atoms with E-state index in [4.69, 9.17) is 4.42 Å². The number of rotatable bonds is 4. The Morgan fingerprint density at radius 2 is 2.15 bits per heavy atom. The van der Waals surface area contributed by atoms with Crippen LogP contribution in [0.1, 0.15) is 44.3 Å². The predicted molar refractivity (Wildman–Crippen MR) is 72.7 cm³/mol. The highest BCUT2D eigenvalue weighted by atomic mass is 16.3. The van der Waals surface area contributed by atoms with Gasteiger partial charge in [0.05, 0.1) is 12.8 Å². The summed E-state index contributed by atoms with van der Waals surface area (Å²) in [6.07, 6.45) is 7.13. The molecule has 2 heterocycles. The number of carbonyl (C=O) groups excluding carboxylic acids is 2. The highest BCUT2D eigenvalue weighted by Gasteiger charge is 2.35. The first-order valence-electron chi connectivity index (χ1n) is 7.36. The highest BCUT2D eigenvalue weighted by molar-refractivity contribution is 5.90. The third-order valence-electron chi connectivity index (χ3n) is 4.25. The number of hydrogen-bond donors (Lipinski definition) is 1. The van der Waals surface area contributed by atoms with E-state index in [1.807, 2.05) is 17.0 Å². The lowest BCUT2D eigenvalue weighted by molar-refractivity contribution is -0.137. The first-order chi connectivity index (χ1) is 9.74.